The summed E-state index contributed by atoms with van der Waals surface area (Å²) < 4.78 is 111. The van der Waals surface area contributed by atoms with Gasteiger partial charge in [-0.15, -0.1) is 11.8 Å². The first kappa shape index (κ1) is 31.3. The molecule has 1 saturated heterocycles. The van der Waals surface area contributed by atoms with Crippen LogP contribution < -0.4 is 4.90 Å². The molecule has 12 heteroatoms. The predicted octanol–water partition coefficient (Wildman–Crippen LogP) is 8.42. The number of para-hydroxylation sites is 1. The van der Waals surface area contributed by atoms with Gasteiger partial charge in [-0.3, -0.25) is 4.79 Å². The van der Waals surface area contributed by atoms with Gasteiger partial charge in [0, 0.05) is 61.8 Å². The van der Waals surface area contributed by atoms with Crippen LogP contribution >= 0.6 is 11.8 Å². The lowest BCUT2D eigenvalue weighted by Crippen LogP contribution is -2.50. The number of halogens is 5. The number of aliphatic hydroxyl groups excluding tert-OH is 1. The van der Waals surface area contributed by atoms with Gasteiger partial charge in [-0.1, -0.05) is 66.7 Å². The number of anilines is 1. The molecule has 0 bridgehead atoms. The largest absolute Gasteiger partial charge is 0.416 e. The third-order valence-electron chi connectivity index (χ3n) is 9.34. The Balaban J connectivity index is 1.25. The molecule has 1 fully saturated rings. The Hall–Kier alpha value is -4.23. The number of hydrogen-bond donors (Lipinski definition) is 1. The van der Waals surface area contributed by atoms with Gasteiger partial charge in [0.15, 0.2) is 11.6 Å². The third-order valence-corrected chi connectivity index (χ3v) is 10.5. The number of carbonyl (C=O) groups excluding carboxylic acids is 1. The van der Waals surface area contributed by atoms with Crippen molar-refractivity contribution in [3.8, 4) is 11.1 Å². The molecule has 1 amide bonds. The van der Waals surface area contributed by atoms with E-state index < -0.39 is 43.1 Å². The van der Waals surface area contributed by atoms with Crippen molar-refractivity contribution in [1.82, 2.24) is 9.80 Å². The predicted molar refractivity (Wildman–Crippen MR) is 193 cm³/mol. The van der Waals surface area contributed by atoms with Crippen LogP contribution in [-0.4, -0.2) is 66.6 Å². The van der Waals surface area contributed by atoms with E-state index >= 15 is 0 Å². The first-order valence-electron chi connectivity index (χ1n) is 19.2. The summed E-state index contributed by atoms with van der Waals surface area (Å²) in [6.07, 6.45) is -3.08. The molecule has 274 valence electrons. The van der Waals surface area contributed by atoms with Gasteiger partial charge >= 0.3 is 6.18 Å². The number of carbonyl (C=O) groups is 1. The van der Waals surface area contributed by atoms with E-state index in [4.69, 9.17) is 6.85 Å². The van der Waals surface area contributed by atoms with Crippen LogP contribution in [-0.2, 0) is 28.0 Å². The maximum absolute atomic E-state index is 14.6. The first-order chi connectivity index (χ1) is 26.9. The van der Waals surface area contributed by atoms with Crippen LogP contribution in [0.15, 0.2) is 102 Å². The van der Waals surface area contributed by atoms with Gasteiger partial charge < -0.3 is 24.5 Å². The van der Waals surface area contributed by atoms with E-state index in [1.165, 1.54) is 24.3 Å². The summed E-state index contributed by atoms with van der Waals surface area (Å²) in [5, 5.41) is 11.5. The van der Waals surface area contributed by atoms with Crippen molar-refractivity contribution in [3.63, 3.8) is 0 Å². The van der Waals surface area contributed by atoms with E-state index in [-0.39, 0.29) is 42.9 Å². The molecule has 2 aliphatic heterocycles. The van der Waals surface area contributed by atoms with Gasteiger partial charge in [0.1, 0.15) is 12.6 Å². The average Bonchev–Trinajstić information content (AvgIpc) is 3.15. The number of alkyl halides is 3. The molecule has 6 nitrogen and oxygen atoms in total. The number of amides is 1. The Labute approximate surface area is 311 Å². The summed E-state index contributed by atoms with van der Waals surface area (Å²) in [5.41, 5.74) is 2.48. The summed E-state index contributed by atoms with van der Waals surface area (Å²) in [7, 11) is -2.92. The quantitative estimate of drug-likeness (QED) is 0.147. The van der Waals surface area contributed by atoms with Gasteiger partial charge in [-0.25, -0.2) is 8.78 Å². The van der Waals surface area contributed by atoms with Crippen LogP contribution in [0.4, 0.5) is 27.6 Å². The molecule has 52 heavy (non-hydrogen) atoms. The number of ether oxygens (including phenoxy) is 1. The van der Waals surface area contributed by atoms with Crippen molar-refractivity contribution in [2.45, 2.75) is 43.5 Å². The highest BCUT2D eigenvalue weighted by molar-refractivity contribution is 8.02. The van der Waals surface area contributed by atoms with Crippen molar-refractivity contribution in [3.05, 3.63) is 136 Å². The molecule has 1 N–H and O–H groups in total. The number of rotatable bonds is 12. The van der Waals surface area contributed by atoms with E-state index in [2.05, 4.69) is 4.74 Å². The minimum absolute atomic E-state index is 0.0153. The van der Waals surface area contributed by atoms with Gasteiger partial charge in [0.2, 0.25) is 5.91 Å². The SMILES string of the molecule is [2H]C([2H])([2H])OC([2H])([2H])CN1CCC(N(Cc2ccc(-c3ccc(C(F)(F)F)cc3)cc2)C(=O)CN2C(SCc3cccc(F)c3F)=CC(O)c3ccccc32)CC1. The summed E-state index contributed by atoms with van der Waals surface area (Å²) in [6.45, 7) is -2.09. The standard InChI is InChI=1S/C40H40F5N3O3S/c1-51-22-21-46-19-17-32(18-20-46)47(24-27-9-11-28(12-10-27)29-13-15-31(16-14-29)40(43,44)45)37(50)25-48-35-8-3-2-6-33(35)36(49)23-38(48)52-26-30-5-4-7-34(41)39(30)42/h2-16,23,32,36,49H,17-22,24-26H2,1H3/i1D3,22D2. The van der Waals surface area contributed by atoms with Crippen molar-refractivity contribution >= 4 is 23.4 Å². The Kier molecular flexibility index (Phi) is 10.0. The molecule has 1 unspecified atom stereocenters. The number of methoxy groups -OCH3 is 1. The van der Waals surface area contributed by atoms with Gasteiger partial charge in [0.05, 0.1) is 24.0 Å². The van der Waals surface area contributed by atoms with Gasteiger partial charge in [-0.05, 0) is 59.9 Å². The number of piperidine rings is 1. The normalized spacial score (nSPS) is 18.7. The monoisotopic (exact) mass is 742 g/mol. The average molecular weight is 743 g/mol. The highest BCUT2D eigenvalue weighted by Crippen LogP contribution is 2.41. The molecule has 6 rings (SSSR count). The Morgan fingerprint density at radius 2 is 1.67 bits per heavy atom. The number of fused-ring (bicyclic) bond motifs is 1. The van der Waals surface area contributed by atoms with Crippen LogP contribution in [0.5, 0.6) is 0 Å². The summed E-state index contributed by atoms with van der Waals surface area (Å²) in [6, 6.07) is 22.5. The molecule has 0 spiro atoms. The number of nitrogens with zero attached hydrogens (tertiary/aromatic N) is 3. The second-order valence-corrected chi connectivity index (χ2v) is 13.6. The van der Waals surface area contributed by atoms with Crippen molar-refractivity contribution < 1.29 is 43.4 Å². The van der Waals surface area contributed by atoms with Crippen molar-refractivity contribution in [2.24, 2.45) is 0 Å². The smallest absolute Gasteiger partial charge is 0.384 e. The molecule has 1 atom stereocenters. The molecule has 0 saturated carbocycles. The van der Waals surface area contributed by atoms with Gasteiger partial charge in [-0.2, -0.15) is 13.2 Å². The highest BCUT2D eigenvalue weighted by Gasteiger charge is 2.33. The summed E-state index contributed by atoms with van der Waals surface area (Å²) in [5.74, 6) is -2.25. The number of benzene rings is 4. The number of thioether (sulfide) groups is 1. The van der Waals surface area contributed by atoms with Crippen molar-refractivity contribution in [2.75, 3.05) is 44.7 Å². The van der Waals surface area contributed by atoms with E-state index in [1.54, 1.807) is 69.3 Å². The Morgan fingerprint density at radius 1 is 0.981 bits per heavy atom. The minimum atomic E-state index is -4.46. The van der Waals surface area contributed by atoms with Crippen LogP contribution in [0.1, 0.15) is 48.1 Å². The molecule has 0 radical (unpaired) electrons. The molecular weight excluding hydrogens is 698 g/mol. The summed E-state index contributed by atoms with van der Waals surface area (Å²) in [4.78, 5) is 19.8. The maximum atomic E-state index is 14.6. The van der Waals surface area contributed by atoms with E-state index in [0.29, 0.717) is 53.3 Å². The van der Waals surface area contributed by atoms with Gasteiger partial charge in [0.25, 0.3) is 0 Å². The van der Waals surface area contributed by atoms with Crippen molar-refractivity contribution in [1.29, 1.82) is 0 Å². The Morgan fingerprint density at radius 3 is 2.37 bits per heavy atom. The zero-order valence-electron chi connectivity index (χ0n) is 33.0. The van der Waals surface area contributed by atoms with Crippen LogP contribution in [0, 0.1) is 11.6 Å². The minimum Gasteiger partial charge on any atom is -0.384 e. The molecule has 4 aromatic carbocycles. The lowest BCUT2D eigenvalue weighted by Gasteiger charge is -2.40. The molecule has 0 aliphatic carbocycles. The first-order valence-corrected chi connectivity index (χ1v) is 17.7. The van der Waals surface area contributed by atoms with E-state index in [0.717, 1.165) is 35.5 Å². The zero-order valence-corrected chi connectivity index (χ0v) is 28.8. The maximum Gasteiger partial charge on any atom is 0.416 e. The second kappa shape index (κ2) is 16.6. The van der Waals surface area contributed by atoms with Crippen LogP contribution in [0.2, 0.25) is 0 Å². The number of hydrogen-bond acceptors (Lipinski definition) is 6. The number of aliphatic hydroxyl groups is 1. The van der Waals surface area contributed by atoms with Crippen LogP contribution in [0.3, 0.4) is 0 Å². The van der Waals surface area contributed by atoms with E-state index in [9.17, 15) is 31.9 Å². The molecule has 4 aromatic rings. The molecule has 2 heterocycles. The number of likely N-dealkylation sites (tertiary alicyclic amines) is 1. The molecule has 2 aliphatic rings. The molecular formula is C40H40F5N3O3S. The fourth-order valence-electron chi connectivity index (χ4n) is 6.53. The third kappa shape index (κ3) is 8.86. The van der Waals surface area contributed by atoms with Crippen LogP contribution in [0.25, 0.3) is 11.1 Å². The lowest BCUT2D eigenvalue weighted by atomic mass is 9.99. The second-order valence-electron chi connectivity index (χ2n) is 12.6. The highest BCUT2D eigenvalue weighted by atomic mass is 32.2. The Bertz CT molecular complexity index is 2060. The lowest BCUT2D eigenvalue weighted by molar-refractivity contribution is -0.137. The topological polar surface area (TPSA) is 56.2 Å². The summed E-state index contributed by atoms with van der Waals surface area (Å²) >= 11 is 1.15. The fourth-order valence-corrected chi connectivity index (χ4v) is 7.60. The fraction of sp³-hybridized carbons (Fsp3) is 0.325. The molecule has 0 aromatic heterocycles. The van der Waals surface area contributed by atoms with E-state index in [1.807, 2.05) is 0 Å². The zero-order chi connectivity index (χ0) is 41.1.